The Balaban J connectivity index is 2.10. The molecule has 6 nitrogen and oxygen atoms in total. The Morgan fingerprint density at radius 1 is 1.00 bits per heavy atom. The molecule has 0 unspecified atom stereocenters. The van der Waals surface area contributed by atoms with Gasteiger partial charge in [-0.2, -0.15) is 0 Å². The average molecular weight is 307 g/mol. The van der Waals surface area contributed by atoms with Crippen molar-refractivity contribution in [2.75, 3.05) is 26.2 Å². The Labute approximate surface area is 131 Å². The van der Waals surface area contributed by atoms with Crippen LogP contribution in [0, 0.1) is 13.8 Å². The number of benzene rings is 1. The molecule has 0 saturated carbocycles. The van der Waals surface area contributed by atoms with Gasteiger partial charge in [0.05, 0.1) is 6.61 Å². The molecule has 3 amide bonds. The predicted molar refractivity (Wildman–Crippen MR) is 86.1 cm³/mol. The summed E-state index contributed by atoms with van der Waals surface area (Å²) in [5.41, 5.74) is 2.23. The van der Waals surface area contributed by atoms with Crippen molar-refractivity contribution in [3.63, 3.8) is 0 Å². The maximum Gasteiger partial charge on any atom is 0.314 e. The molecule has 0 aliphatic rings. The van der Waals surface area contributed by atoms with Crippen LogP contribution >= 0.6 is 0 Å². The molecule has 0 spiro atoms. The highest BCUT2D eigenvalue weighted by Gasteiger charge is 2.03. The molecule has 0 saturated heterocycles. The van der Waals surface area contributed by atoms with Crippen LogP contribution in [0.15, 0.2) is 18.2 Å². The van der Waals surface area contributed by atoms with Gasteiger partial charge in [0.1, 0.15) is 5.75 Å². The van der Waals surface area contributed by atoms with Gasteiger partial charge in [0.15, 0.2) is 0 Å². The van der Waals surface area contributed by atoms with Crippen molar-refractivity contribution in [2.45, 2.75) is 27.2 Å². The highest BCUT2D eigenvalue weighted by Crippen LogP contribution is 2.22. The molecule has 0 radical (unpaired) electrons. The summed E-state index contributed by atoms with van der Waals surface area (Å²) in [5, 5.41) is 8.01. The van der Waals surface area contributed by atoms with E-state index in [9.17, 15) is 9.59 Å². The zero-order valence-corrected chi connectivity index (χ0v) is 13.5. The van der Waals surface area contributed by atoms with Gasteiger partial charge in [0.25, 0.3) is 0 Å². The first-order valence-electron chi connectivity index (χ1n) is 7.46. The second-order valence-corrected chi connectivity index (χ2v) is 5.09. The van der Waals surface area contributed by atoms with Crippen molar-refractivity contribution in [3.05, 3.63) is 29.3 Å². The van der Waals surface area contributed by atoms with Gasteiger partial charge in [0, 0.05) is 26.6 Å². The van der Waals surface area contributed by atoms with Gasteiger partial charge < -0.3 is 20.7 Å². The van der Waals surface area contributed by atoms with Crippen molar-refractivity contribution in [1.82, 2.24) is 16.0 Å². The van der Waals surface area contributed by atoms with Crippen LogP contribution in [0.25, 0.3) is 0 Å². The van der Waals surface area contributed by atoms with Crippen LogP contribution in [0.4, 0.5) is 4.79 Å². The van der Waals surface area contributed by atoms with E-state index >= 15 is 0 Å². The van der Waals surface area contributed by atoms with Gasteiger partial charge in [-0.15, -0.1) is 0 Å². The summed E-state index contributed by atoms with van der Waals surface area (Å²) in [5.74, 6) is 0.813. The molecule has 0 bridgehead atoms. The van der Waals surface area contributed by atoms with E-state index < -0.39 is 0 Å². The zero-order chi connectivity index (χ0) is 16.4. The minimum Gasteiger partial charge on any atom is -0.493 e. The van der Waals surface area contributed by atoms with Crippen LogP contribution in [0.5, 0.6) is 5.75 Å². The first-order chi connectivity index (χ1) is 10.5. The largest absolute Gasteiger partial charge is 0.493 e. The van der Waals surface area contributed by atoms with E-state index in [1.165, 1.54) is 6.92 Å². The molecule has 22 heavy (non-hydrogen) atoms. The van der Waals surface area contributed by atoms with Gasteiger partial charge in [-0.05, 0) is 31.4 Å². The molecule has 0 atom stereocenters. The number of para-hydroxylation sites is 1. The molecule has 122 valence electrons. The lowest BCUT2D eigenvalue weighted by Crippen LogP contribution is -2.40. The minimum absolute atomic E-state index is 0.106. The summed E-state index contributed by atoms with van der Waals surface area (Å²) >= 11 is 0. The fourth-order valence-corrected chi connectivity index (χ4v) is 1.95. The van der Waals surface area contributed by atoms with E-state index in [1.807, 2.05) is 32.0 Å². The maximum absolute atomic E-state index is 11.5. The van der Waals surface area contributed by atoms with Crippen molar-refractivity contribution < 1.29 is 14.3 Å². The molecule has 1 rings (SSSR count). The number of ether oxygens (including phenoxy) is 1. The fraction of sp³-hybridized carbons (Fsp3) is 0.500. The second-order valence-electron chi connectivity index (χ2n) is 5.09. The molecule has 0 aromatic heterocycles. The third kappa shape index (κ3) is 6.97. The lowest BCUT2D eigenvalue weighted by atomic mass is 10.1. The third-order valence-corrected chi connectivity index (χ3v) is 3.05. The molecular formula is C16H25N3O3. The Morgan fingerprint density at radius 3 is 2.23 bits per heavy atom. The van der Waals surface area contributed by atoms with Crippen molar-refractivity contribution >= 4 is 11.9 Å². The van der Waals surface area contributed by atoms with E-state index in [4.69, 9.17) is 4.74 Å². The summed E-state index contributed by atoms with van der Waals surface area (Å²) in [4.78, 5) is 22.1. The summed E-state index contributed by atoms with van der Waals surface area (Å²) in [6.07, 6.45) is 0.729. The molecule has 1 aromatic rings. The van der Waals surface area contributed by atoms with E-state index in [0.717, 1.165) is 23.3 Å². The molecule has 0 aliphatic heterocycles. The Kier molecular flexibility index (Phi) is 7.81. The normalized spacial score (nSPS) is 9.95. The molecule has 1 aromatic carbocycles. The van der Waals surface area contributed by atoms with E-state index in [2.05, 4.69) is 16.0 Å². The predicted octanol–water partition coefficient (Wildman–Crippen LogP) is 1.51. The summed E-state index contributed by atoms with van der Waals surface area (Å²) in [7, 11) is 0. The lowest BCUT2D eigenvalue weighted by molar-refractivity contribution is -0.118. The van der Waals surface area contributed by atoms with Crippen LogP contribution in [-0.4, -0.2) is 38.2 Å². The van der Waals surface area contributed by atoms with Crippen LogP contribution in [0.2, 0.25) is 0 Å². The molecular weight excluding hydrogens is 282 g/mol. The lowest BCUT2D eigenvalue weighted by Gasteiger charge is -2.12. The fourth-order valence-electron chi connectivity index (χ4n) is 1.95. The molecule has 6 heteroatoms. The first-order valence-corrected chi connectivity index (χ1v) is 7.46. The number of carbonyl (C=O) groups excluding carboxylic acids is 2. The Bertz CT molecular complexity index is 483. The third-order valence-electron chi connectivity index (χ3n) is 3.05. The minimum atomic E-state index is -0.238. The van der Waals surface area contributed by atoms with Gasteiger partial charge in [-0.3, -0.25) is 4.79 Å². The van der Waals surface area contributed by atoms with Crippen LogP contribution in [-0.2, 0) is 4.79 Å². The van der Waals surface area contributed by atoms with Crippen molar-refractivity contribution in [3.8, 4) is 5.75 Å². The summed E-state index contributed by atoms with van der Waals surface area (Å²) in [6.45, 7) is 7.40. The van der Waals surface area contributed by atoms with Gasteiger partial charge in [-0.25, -0.2) is 4.79 Å². The maximum atomic E-state index is 11.5. The number of hydrogen-bond acceptors (Lipinski definition) is 3. The second kappa shape index (κ2) is 9.65. The smallest absolute Gasteiger partial charge is 0.314 e. The number of hydrogen-bond donors (Lipinski definition) is 3. The van der Waals surface area contributed by atoms with Crippen LogP contribution in [0.3, 0.4) is 0 Å². The average Bonchev–Trinajstić information content (AvgIpc) is 2.46. The number of amides is 3. The molecule has 3 N–H and O–H groups in total. The highest BCUT2D eigenvalue weighted by molar-refractivity contribution is 5.74. The van der Waals surface area contributed by atoms with Crippen molar-refractivity contribution in [1.29, 1.82) is 0 Å². The SMILES string of the molecule is CC(=O)NCCNC(=O)NCCCOc1c(C)cccc1C. The Morgan fingerprint density at radius 2 is 1.59 bits per heavy atom. The quantitative estimate of drug-likeness (QED) is 0.637. The number of rotatable bonds is 8. The monoisotopic (exact) mass is 307 g/mol. The number of aryl methyl sites for hydroxylation is 2. The topological polar surface area (TPSA) is 79.5 Å². The number of carbonyl (C=O) groups is 2. The first kappa shape index (κ1) is 17.8. The number of nitrogens with one attached hydrogen (secondary N) is 3. The molecule has 0 fully saturated rings. The van der Waals surface area contributed by atoms with E-state index in [1.54, 1.807) is 0 Å². The molecule has 0 heterocycles. The summed E-state index contributed by atoms with van der Waals surface area (Å²) < 4.78 is 5.76. The van der Waals surface area contributed by atoms with Gasteiger partial charge in [0.2, 0.25) is 5.91 Å². The molecule has 0 aliphatic carbocycles. The van der Waals surface area contributed by atoms with Crippen molar-refractivity contribution in [2.24, 2.45) is 0 Å². The van der Waals surface area contributed by atoms with Gasteiger partial charge in [-0.1, -0.05) is 18.2 Å². The van der Waals surface area contributed by atoms with Crippen LogP contribution in [0.1, 0.15) is 24.5 Å². The van der Waals surface area contributed by atoms with Gasteiger partial charge >= 0.3 is 6.03 Å². The Hall–Kier alpha value is -2.24. The van der Waals surface area contributed by atoms with Crippen LogP contribution < -0.4 is 20.7 Å². The summed E-state index contributed by atoms with van der Waals surface area (Å²) in [6, 6.07) is 5.80. The van der Waals surface area contributed by atoms with E-state index in [-0.39, 0.29) is 11.9 Å². The standard InChI is InChI=1S/C16H25N3O3/c1-12-6-4-7-13(2)15(12)22-11-5-8-18-16(21)19-10-9-17-14(3)20/h4,6-7H,5,8-11H2,1-3H3,(H,17,20)(H2,18,19,21). The van der Waals surface area contributed by atoms with E-state index in [0.29, 0.717) is 26.2 Å². The number of urea groups is 1. The highest BCUT2D eigenvalue weighted by atomic mass is 16.5. The zero-order valence-electron chi connectivity index (χ0n) is 13.5.